The Labute approximate surface area is 106 Å². The molecule has 0 bridgehead atoms. The SMILES string of the molecule is C=C/C(=C\C)COc1ccc2c(C=O)c[nH]c2c1. The maximum atomic E-state index is 10.8. The van der Waals surface area contributed by atoms with Gasteiger partial charge >= 0.3 is 0 Å². The van der Waals surface area contributed by atoms with E-state index < -0.39 is 0 Å². The largest absolute Gasteiger partial charge is 0.489 e. The molecular formula is C15H15NO2. The number of aldehydes is 1. The molecule has 2 rings (SSSR count). The summed E-state index contributed by atoms with van der Waals surface area (Å²) in [4.78, 5) is 13.8. The second kappa shape index (κ2) is 5.36. The molecule has 1 aromatic heterocycles. The summed E-state index contributed by atoms with van der Waals surface area (Å²) in [7, 11) is 0. The van der Waals surface area contributed by atoms with Crippen molar-refractivity contribution >= 4 is 17.2 Å². The first-order valence-electron chi connectivity index (χ1n) is 5.75. The lowest BCUT2D eigenvalue weighted by molar-refractivity contribution is 0.112. The highest BCUT2D eigenvalue weighted by Gasteiger charge is 2.04. The summed E-state index contributed by atoms with van der Waals surface area (Å²) >= 11 is 0. The number of fused-ring (bicyclic) bond motifs is 1. The van der Waals surface area contributed by atoms with E-state index in [0.29, 0.717) is 12.2 Å². The molecule has 3 heteroatoms. The highest BCUT2D eigenvalue weighted by Crippen LogP contribution is 2.22. The Kier molecular flexibility index (Phi) is 3.63. The molecule has 3 nitrogen and oxygen atoms in total. The number of carbonyl (C=O) groups is 1. The fourth-order valence-corrected chi connectivity index (χ4v) is 1.74. The van der Waals surface area contributed by atoms with Crippen molar-refractivity contribution in [2.45, 2.75) is 6.92 Å². The van der Waals surface area contributed by atoms with Gasteiger partial charge in [-0.3, -0.25) is 4.79 Å². The third kappa shape index (κ3) is 2.35. The van der Waals surface area contributed by atoms with Crippen molar-refractivity contribution < 1.29 is 9.53 Å². The minimum atomic E-state index is 0.493. The Hall–Kier alpha value is -2.29. The number of benzene rings is 1. The van der Waals surface area contributed by atoms with Crippen LogP contribution in [0.5, 0.6) is 5.75 Å². The Morgan fingerprint density at radius 2 is 2.33 bits per heavy atom. The molecule has 0 fully saturated rings. The lowest BCUT2D eigenvalue weighted by atomic mass is 10.2. The summed E-state index contributed by atoms with van der Waals surface area (Å²) in [5, 5.41) is 0.910. The van der Waals surface area contributed by atoms with Crippen LogP contribution in [0, 0.1) is 0 Å². The van der Waals surface area contributed by atoms with Gasteiger partial charge in [-0.05, 0) is 24.6 Å². The van der Waals surface area contributed by atoms with Gasteiger partial charge in [0.2, 0.25) is 0 Å². The molecule has 0 atom stereocenters. The molecule has 0 aliphatic heterocycles. The van der Waals surface area contributed by atoms with Crippen LogP contribution in [0.15, 0.2) is 48.7 Å². The third-order valence-electron chi connectivity index (χ3n) is 2.85. The molecule has 0 radical (unpaired) electrons. The van der Waals surface area contributed by atoms with Gasteiger partial charge in [0.1, 0.15) is 12.4 Å². The van der Waals surface area contributed by atoms with Crippen LogP contribution in [0.25, 0.3) is 10.9 Å². The maximum absolute atomic E-state index is 10.8. The zero-order valence-corrected chi connectivity index (χ0v) is 10.3. The van der Waals surface area contributed by atoms with Gasteiger partial charge in [0.05, 0.1) is 0 Å². The molecule has 1 heterocycles. The van der Waals surface area contributed by atoms with Gasteiger partial charge in [-0.25, -0.2) is 0 Å². The van der Waals surface area contributed by atoms with Gasteiger partial charge in [-0.1, -0.05) is 18.7 Å². The van der Waals surface area contributed by atoms with Crippen LogP contribution in [0.3, 0.4) is 0 Å². The topological polar surface area (TPSA) is 42.1 Å². The number of aromatic nitrogens is 1. The van der Waals surface area contributed by atoms with E-state index in [9.17, 15) is 4.79 Å². The van der Waals surface area contributed by atoms with Crippen molar-refractivity contribution in [3.05, 3.63) is 54.3 Å². The molecular weight excluding hydrogens is 226 g/mol. The smallest absolute Gasteiger partial charge is 0.152 e. The van der Waals surface area contributed by atoms with Crippen LogP contribution in [0.2, 0.25) is 0 Å². The van der Waals surface area contributed by atoms with Crippen LogP contribution in [0.1, 0.15) is 17.3 Å². The molecule has 2 aromatic rings. The zero-order chi connectivity index (χ0) is 13.0. The quantitative estimate of drug-likeness (QED) is 0.643. The summed E-state index contributed by atoms with van der Waals surface area (Å²) in [6.07, 6.45) is 6.28. The first kappa shape index (κ1) is 12.2. The predicted octanol–water partition coefficient (Wildman–Crippen LogP) is 3.49. The number of allylic oxidation sites excluding steroid dienone is 1. The number of H-pyrrole nitrogens is 1. The van der Waals surface area contributed by atoms with Crippen molar-refractivity contribution in [2.75, 3.05) is 6.61 Å². The molecule has 0 aliphatic carbocycles. The average molecular weight is 241 g/mol. The third-order valence-corrected chi connectivity index (χ3v) is 2.85. The second-order valence-electron chi connectivity index (χ2n) is 3.93. The van der Waals surface area contributed by atoms with Gasteiger partial charge < -0.3 is 9.72 Å². The van der Waals surface area contributed by atoms with Crippen LogP contribution < -0.4 is 4.74 Å². The Bertz CT molecular complexity index is 608. The summed E-state index contributed by atoms with van der Waals surface area (Å²) in [6, 6.07) is 5.63. The molecule has 0 unspecified atom stereocenters. The van der Waals surface area contributed by atoms with E-state index in [1.807, 2.05) is 31.2 Å². The molecule has 1 N–H and O–H groups in total. The van der Waals surface area contributed by atoms with Crippen LogP contribution in [0.4, 0.5) is 0 Å². The van der Waals surface area contributed by atoms with Crippen LogP contribution >= 0.6 is 0 Å². The van der Waals surface area contributed by atoms with Crippen molar-refractivity contribution in [1.29, 1.82) is 0 Å². The molecule has 0 amide bonds. The highest BCUT2D eigenvalue weighted by molar-refractivity contribution is 5.97. The minimum absolute atomic E-state index is 0.493. The van der Waals surface area contributed by atoms with Crippen molar-refractivity contribution in [2.24, 2.45) is 0 Å². The standard InChI is InChI=1S/C15H15NO2/c1-3-11(4-2)10-18-13-5-6-14-12(9-17)8-16-15(14)7-13/h3-9,16H,1,10H2,2H3/b11-4+. The normalized spacial score (nSPS) is 11.5. The van der Waals surface area contributed by atoms with E-state index in [4.69, 9.17) is 4.74 Å². The molecule has 0 aliphatic rings. The lowest BCUT2D eigenvalue weighted by Crippen LogP contribution is -1.98. The molecule has 0 saturated carbocycles. The number of nitrogens with one attached hydrogen (secondary N) is 1. The zero-order valence-electron chi connectivity index (χ0n) is 10.3. The molecule has 92 valence electrons. The van der Waals surface area contributed by atoms with E-state index in [1.54, 1.807) is 12.3 Å². The minimum Gasteiger partial charge on any atom is -0.489 e. The number of carbonyl (C=O) groups excluding carboxylic acids is 1. The fraction of sp³-hybridized carbons (Fsp3) is 0.133. The first-order valence-corrected chi connectivity index (χ1v) is 5.75. The maximum Gasteiger partial charge on any atom is 0.152 e. The van der Waals surface area contributed by atoms with E-state index in [2.05, 4.69) is 11.6 Å². The van der Waals surface area contributed by atoms with Gasteiger partial charge in [0.15, 0.2) is 6.29 Å². The number of hydrogen-bond donors (Lipinski definition) is 1. The number of rotatable bonds is 5. The van der Waals surface area contributed by atoms with Crippen molar-refractivity contribution in [3.8, 4) is 5.75 Å². The van der Waals surface area contributed by atoms with Crippen LogP contribution in [-0.2, 0) is 0 Å². The summed E-state index contributed by atoms with van der Waals surface area (Å²) < 4.78 is 5.65. The summed E-state index contributed by atoms with van der Waals surface area (Å²) in [5.41, 5.74) is 2.60. The summed E-state index contributed by atoms with van der Waals surface area (Å²) in [5.74, 6) is 0.767. The van der Waals surface area contributed by atoms with Crippen molar-refractivity contribution in [3.63, 3.8) is 0 Å². The lowest BCUT2D eigenvalue weighted by Gasteiger charge is -2.06. The van der Waals surface area contributed by atoms with Gasteiger partial charge in [0.25, 0.3) is 0 Å². The van der Waals surface area contributed by atoms with Gasteiger partial charge in [-0.15, -0.1) is 0 Å². The highest BCUT2D eigenvalue weighted by atomic mass is 16.5. The van der Waals surface area contributed by atoms with Crippen LogP contribution in [-0.4, -0.2) is 17.9 Å². The van der Waals surface area contributed by atoms with E-state index in [1.165, 1.54) is 0 Å². The molecule has 0 saturated heterocycles. The van der Waals surface area contributed by atoms with E-state index in [0.717, 1.165) is 28.5 Å². The number of hydrogen-bond acceptors (Lipinski definition) is 2. The Balaban J connectivity index is 2.20. The average Bonchev–Trinajstić information content (AvgIpc) is 2.82. The number of aromatic amines is 1. The number of ether oxygens (including phenoxy) is 1. The van der Waals surface area contributed by atoms with Gasteiger partial charge in [0, 0.05) is 28.7 Å². The van der Waals surface area contributed by atoms with Crippen molar-refractivity contribution in [1.82, 2.24) is 4.98 Å². The summed E-state index contributed by atoms with van der Waals surface area (Å²) in [6.45, 7) is 6.16. The van der Waals surface area contributed by atoms with Gasteiger partial charge in [-0.2, -0.15) is 0 Å². The predicted molar refractivity (Wildman–Crippen MR) is 73.1 cm³/mol. The molecule has 1 aromatic carbocycles. The molecule has 0 spiro atoms. The first-order chi connectivity index (χ1) is 8.78. The monoisotopic (exact) mass is 241 g/mol. The Morgan fingerprint density at radius 1 is 1.50 bits per heavy atom. The van der Waals surface area contributed by atoms with E-state index in [-0.39, 0.29) is 0 Å². The van der Waals surface area contributed by atoms with E-state index >= 15 is 0 Å². The Morgan fingerprint density at radius 3 is 3.00 bits per heavy atom. The molecule has 18 heavy (non-hydrogen) atoms. The fourth-order valence-electron chi connectivity index (χ4n) is 1.74. The second-order valence-corrected chi connectivity index (χ2v) is 3.93.